The highest BCUT2D eigenvalue weighted by Crippen LogP contribution is 2.41. The van der Waals surface area contributed by atoms with E-state index in [-0.39, 0.29) is 12.1 Å². The summed E-state index contributed by atoms with van der Waals surface area (Å²) in [6.07, 6.45) is 1.69. The van der Waals surface area contributed by atoms with Crippen LogP contribution in [0.25, 0.3) is 10.9 Å². The van der Waals surface area contributed by atoms with Crippen molar-refractivity contribution >= 4 is 20.9 Å². The molecule has 8 heteroatoms. The number of hydrogen-bond donors (Lipinski definition) is 1. The number of nitrogens with one attached hydrogen (secondary N) is 1. The van der Waals surface area contributed by atoms with Crippen LogP contribution in [-0.2, 0) is 16.4 Å². The van der Waals surface area contributed by atoms with Crippen LogP contribution >= 0.6 is 0 Å². The van der Waals surface area contributed by atoms with Gasteiger partial charge in [-0.25, -0.2) is 8.42 Å². The van der Waals surface area contributed by atoms with Crippen LogP contribution in [0.15, 0.2) is 41.2 Å². The Morgan fingerprint density at radius 2 is 1.73 bits per heavy atom. The Morgan fingerprint density at radius 1 is 1.03 bits per heavy atom. The molecule has 1 atom stereocenters. The van der Waals surface area contributed by atoms with Gasteiger partial charge in [0.15, 0.2) is 11.5 Å². The van der Waals surface area contributed by atoms with Gasteiger partial charge in [-0.2, -0.15) is 4.31 Å². The molecule has 7 nitrogen and oxygen atoms in total. The largest absolute Gasteiger partial charge is 0.493 e. The highest BCUT2D eigenvalue weighted by molar-refractivity contribution is 7.88. The van der Waals surface area contributed by atoms with Gasteiger partial charge < -0.3 is 14.5 Å². The van der Waals surface area contributed by atoms with Gasteiger partial charge in [-0.3, -0.25) is 4.79 Å². The Labute approximate surface area is 175 Å². The van der Waals surface area contributed by atoms with Gasteiger partial charge in [-0.15, -0.1) is 0 Å². The number of nitrogens with zero attached hydrogens (tertiary/aromatic N) is 1. The molecule has 1 aromatic heterocycles. The third-order valence-corrected chi connectivity index (χ3v) is 6.83. The molecule has 0 amide bonds. The summed E-state index contributed by atoms with van der Waals surface area (Å²) >= 11 is 0. The number of aromatic amines is 1. The van der Waals surface area contributed by atoms with Crippen molar-refractivity contribution in [3.8, 4) is 11.5 Å². The van der Waals surface area contributed by atoms with Gasteiger partial charge in [0.1, 0.15) is 0 Å². The third-order valence-electron chi connectivity index (χ3n) is 5.58. The lowest BCUT2D eigenvalue weighted by atomic mass is 9.89. The number of sulfonamides is 1. The van der Waals surface area contributed by atoms with Crippen molar-refractivity contribution in [1.29, 1.82) is 0 Å². The number of pyridine rings is 1. The molecule has 2 aromatic carbocycles. The summed E-state index contributed by atoms with van der Waals surface area (Å²) in [7, 11) is -0.481. The molecule has 1 aliphatic heterocycles. The van der Waals surface area contributed by atoms with E-state index < -0.39 is 16.1 Å². The predicted molar refractivity (Wildman–Crippen MR) is 116 cm³/mol. The number of methoxy groups -OCH3 is 2. The first-order valence-electron chi connectivity index (χ1n) is 9.58. The van der Waals surface area contributed by atoms with E-state index in [0.29, 0.717) is 23.5 Å². The molecule has 0 bridgehead atoms. The molecule has 3 aromatic rings. The second kappa shape index (κ2) is 7.45. The summed E-state index contributed by atoms with van der Waals surface area (Å²) in [5, 5.41) is 0.844. The standard InChI is InChI=1S/C22H24N2O5S/c1-13-5-6-15-10-17(22(25)23-18(15)9-13)21-16-12-20(29-3)19(28-2)11-14(16)7-8-24(21)30(4,26)27/h5-6,9-12,21H,7-8H2,1-4H3,(H,23,25)/t21-/m1/s1. The molecule has 0 radical (unpaired) electrons. The molecule has 158 valence electrons. The summed E-state index contributed by atoms with van der Waals surface area (Å²) in [5.74, 6) is 1.06. The number of hydrogen-bond acceptors (Lipinski definition) is 5. The van der Waals surface area contributed by atoms with Crippen LogP contribution in [0.1, 0.15) is 28.3 Å². The van der Waals surface area contributed by atoms with E-state index in [1.54, 1.807) is 19.2 Å². The van der Waals surface area contributed by atoms with Gasteiger partial charge >= 0.3 is 0 Å². The highest BCUT2D eigenvalue weighted by Gasteiger charge is 2.37. The Balaban J connectivity index is 2.00. The molecule has 0 aliphatic carbocycles. The number of fused-ring (bicyclic) bond motifs is 2. The van der Waals surface area contributed by atoms with Crippen LogP contribution in [0.3, 0.4) is 0 Å². The average Bonchev–Trinajstić information content (AvgIpc) is 2.70. The second-order valence-corrected chi connectivity index (χ2v) is 9.51. The normalized spacial score (nSPS) is 17.0. The quantitative estimate of drug-likeness (QED) is 0.690. The van der Waals surface area contributed by atoms with Crippen molar-refractivity contribution in [2.75, 3.05) is 27.0 Å². The Hall–Kier alpha value is -2.84. The monoisotopic (exact) mass is 428 g/mol. The molecule has 1 aliphatic rings. The van der Waals surface area contributed by atoms with E-state index in [1.165, 1.54) is 17.7 Å². The molecule has 1 N–H and O–H groups in total. The second-order valence-electron chi connectivity index (χ2n) is 7.58. The van der Waals surface area contributed by atoms with Crippen molar-refractivity contribution < 1.29 is 17.9 Å². The van der Waals surface area contributed by atoms with Crippen LogP contribution in [0, 0.1) is 6.92 Å². The van der Waals surface area contributed by atoms with Crippen LogP contribution in [0.2, 0.25) is 0 Å². The zero-order valence-electron chi connectivity index (χ0n) is 17.4. The number of rotatable bonds is 4. The van der Waals surface area contributed by atoms with E-state index in [9.17, 15) is 13.2 Å². The molecule has 0 saturated heterocycles. The summed E-state index contributed by atoms with van der Waals surface area (Å²) in [6.45, 7) is 2.23. The molecule has 0 saturated carbocycles. The number of H-pyrrole nitrogens is 1. The van der Waals surface area contributed by atoms with Crippen LogP contribution in [-0.4, -0.2) is 44.7 Å². The first-order valence-corrected chi connectivity index (χ1v) is 11.4. The topological polar surface area (TPSA) is 88.7 Å². The zero-order valence-corrected chi connectivity index (χ0v) is 18.2. The number of aromatic nitrogens is 1. The van der Waals surface area contributed by atoms with Gasteiger partial charge in [-0.05, 0) is 59.7 Å². The predicted octanol–water partition coefficient (Wildman–Crippen LogP) is 2.76. The minimum Gasteiger partial charge on any atom is -0.493 e. The van der Waals surface area contributed by atoms with E-state index in [4.69, 9.17) is 9.47 Å². The number of aryl methyl sites for hydroxylation is 1. The molecular formula is C22H24N2O5S. The lowest BCUT2D eigenvalue weighted by Crippen LogP contribution is -2.42. The minimum absolute atomic E-state index is 0.275. The fraction of sp³-hybridized carbons (Fsp3) is 0.318. The first-order chi connectivity index (χ1) is 14.2. The van der Waals surface area contributed by atoms with Gasteiger partial charge in [0.25, 0.3) is 5.56 Å². The fourth-order valence-corrected chi connectivity index (χ4v) is 5.17. The van der Waals surface area contributed by atoms with Crippen molar-refractivity contribution in [2.24, 2.45) is 0 Å². The van der Waals surface area contributed by atoms with Gasteiger partial charge in [0.05, 0.1) is 26.5 Å². The average molecular weight is 429 g/mol. The summed E-state index contributed by atoms with van der Waals surface area (Å²) in [4.78, 5) is 16.0. The fourth-order valence-electron chi connectivity index (χ4n) is 4.14. The van der Waals surface area contributed by atoms with E-state index >= 15 is 0 Å². The molecule has 4 rings (SSSR count). The zero-order chi connectivity index (χ0) is 21.6. The van der Waals surface area contributed by atoms with Gasteiger partial charge in [0, 0.05) is 17.6 Å². The Bertz CT molecular complexity index is 1300. The highest BCUT2D eigenvalue weighted by atomic mass is 32.2. The Morgan fingerprint density at radius 3 is 2.40 bits per heavy atom. The molecule has 0 spiro atoms. The Kier molecular flexibility index (Phi) is 5.07. The maximum atomic E-state index is 13.1. The van der Waals surface area contributed by atoms with E-state index in [0.717, 1.165) is 27.6 Å². The SMILES string of the molecule is COc1cc2c(cc1OC)[C@H](c1cc3ccc(C)cc3[nH]c1=O)N(S(C)(=O)=O)CC2. The maximum absolute atomic E-state index is 13.1. The van der Waals surface area contributed by atoms with Crippen molar-refractivity contribution in [3.05, 3.63) is 69.0 Å². The third kappa shape index (κ3) is 3.46. The van der Waals surface area contributed by atoms with Crippen molar-refractivity contribution in [2.45, 2.75) is 19.4 Å². The first kappa shape index (κ1) is 20.4. The molecule has 30 heavy (non-hydrogen) atoms. The van der Waals surface area contributed by atoms with Crippen molar-refractivity contribution in [3.63, 3.8) is 0 Å². The van der Waals surface area contributed by atoms with Crippen LogP contribution < -0.4 is 15.0 Å². The van der Waals surface area contributed by atoms with Gasteiger partial charge in [0.2, 0.25) is 10.0 Å². The molecule has 0 unspecified atom stereocenters. The summed E-state index contributed by atoms with van der Waals surface area (Å²) < 4.78 is 37.5. The minimum atomic E-state index is -3.57. The lowest BCUT2D eigenvalue weighted by molar-refractivity contribution is 0.332. The molecule has 0 fully saturated rings. The van der Waals surface area contributed by atoms with E-state index in [2.05, 4.69) is 4.98 Å². The molecule has 2 heterocycles. The number of benzene rings is 2. The number of ether oxygens (including phenoxy) is 2. The smallest absolute Gasteiger partial charge is 0.253 e. The summed E-state index contributed by atoms with van der Waals surface area (Å²) in [5.41, 5.74) is 3.48. The van der Waals surface area contributed by atoms with E-state index in [1.807, 2.05) is 31.2 Å². The maximum Gasteiger partial charge on any atom is 0.253 e. The lowest BCUT2D eigenvalue weighted by Gasteiger charge is -2.36. The summed E-state index contributed by atoms with van der Waals surface area (Å²) in [6, 6.07) is 10.4. The van der Waals surface area contributed by atoms with Gasteiger partial charge in [-0.1, -0.05) is 12.1 Å². The van der Waals surface area contributed by atoms with Crippen molar-refractivity contribution in [1.82, 2.24) is 9.29 Å². The van der Waals surface area contributed by atoms with Crippen LogP contribution in [0.4, 0.5) is 0 Å². The van der Waals surface area contributed by atoms with Crippen LogP contribution in [0.5, 0.6) is 11.5 Å². The molecular weight excluding hydrogens is 404 g/mol.